The van der Waals surface area contributed by atoms with E-state index < -0.39 is 0 Å². The molecule has 7 nitrogen and oxygen atoms in total. The summed E-state index contributed by atoms with van der Waals surface area (Å²) in [5, 5.41) is 7.49. The van der Waals surface area contributed by atoms with E-state index in [1.807, 2.05) is 60.4 Å². The molecule has 1 aliphatic rings. The van der Waals surface area contributed by atoms with Crippen LogP contribution in [-0.4, -0.2) is 54.5 Å². The van der Waals surface area contributed by atoms with Gasteiger partial charge in [-0.3, -0.25) is 0 Å². The molecule has 0 saturated carbocycles. The van der Waals surface area contributed by atoms with E-state index in [1.54, 1.807) is 18.2 Å². The molecule has 1 aliphatic heterocycles. The van der Waals surface area contributed by atoms with Crippen molar-refractivity contribution in [2.45, 2.75) is 13.0 Å². The Morgan fingerprint density at radius 3 is 2.81 bits per heavy atom. The fourth-order valence-corrected chi connectivity index (χ4v) is 3.92. The van der Waals surface area contributed by atoms with Crippen LogP contribution < -0.4 is 15.0 Å². The van der Waals surface area contributed by atoms with Gasteiger partial charge in [-0.05, 0) is 36.6 Å². The van der Waals surface area contributed by atoms with Crippen LogP contribution in [0.15, 0.2) is 67.0 Å². The average Bonchev–Trinajstić information content (AvgIpc) is 3.48. The van der Waals surface area contributed by atoms with Gasteiger partial charge in [0.1, 0.15) is 5.75 Å². The first kappa shape index (κ1) is 20.8. The van der Waals surface area contributed by atoms with Gasteiger partial charge in [0.2, 0.25) is 0 Å². The number of hydrogen-bond acceptors (Lipinski definition) is 4. The van der Waals surface area contributed by atoms with Crippen LogP contribution in [0.25, 0.3) is 5.69 Å². The Bertz CT molecular complexity index is 1000. The lowest BCUT2D eigenvalue weighted by Crippen LogP contribution is -2.39. The minimum Gasteiger partial charge on any atom is -0.497 e. The second-order valence-corrected chi connectivity index (χ2v) is 7.97. The summed E-state index contributed by atoms with van der Waals surface area (Å²) in [4.78, 5) is 16.6. The molecule has 1 unspecified atom stereocenters. The van der Waals surface area contributed by atoms with Gasteiger partial charge in [0.05, 0.1) is 25.5 Å². The molecule has 2 amide bonds. The van der Waals surface area contributed by atoms with Crippen molar-refractivity contribution >= 4 is 11.7 Å². The first-order valence-electron chi connectivity index (χ1n) is 10.6. The van der Waals surface area contributed by atoms with E-state index in [-0.39, 0.29) is 6.03 Å². The molecule has 162 valence electrons. The van der Waals surface area contributed by atoms with E-state index in [1.165, 1.54) is 5.69 Å². The second kappa shape index (κ2) is 9.55. The Hall–Kier alpha value is -3.48. The maximum Gasteiger partial charge on any atom is 0.317 e. The monoisotopic (exact) mass is 419 g/mol. The smallest absolute Gasteiger partial charge is 0.317 e. The maximum atomic E-state index is 12.6. The second-order valence-electron chi connectivity index (χ2n) is 7.97. The predicted molar refractivity (Wildman–Crippen MR) is 122 cm³/mol. The molecule has 31 heavy (non-hydrogen) atoms. The lowest BCUT2D eigenvalue weighted by Gasteiger charge is -2.21. The highest BCUT2D eigenvalue weighted by molar-refractivity contribution is 5.73. The number of nitrogens with one attached hydrogen (secondary N) is 1. The molecule has 1 saturated heterocycles. The lowest BCUT2D eigenvalue weighted by molar-refractivity contribution is 0.205. The molecule has 1 atom stereocenters. The van der Waals surface area contributed by atoms with Gasteiger partial charge in [0, 0.05) is 50.2 Å². The van der Waals surface area contributed by atoms with Crippen molar-refractivity contribution in [2.75, 3.05) is 38.7 Å². The fourth-order valence-electron chi connectivity index (χ4n) is 3.92. The van der Waals surface area contributed by atoms with E-state index in [2.05, 4.69) is 27.4 Å². The normalized spacial score (nSPS) is 15.7. The summed E-state index contributed by atoms with van der Waals surface area (Å²) in [5.74, 6) is 1.30. The molecule has 7 heteroatoms. The zero-order valence-corrected chi connectivity index (χ0v) is 18.1. The third-order valence-corrected chi connectivity index (χ3v) is 5.67. The van der Waals surface area contributed by atoms with Crippen molar-refractivity contribution < 1.29 is 9.53 Å². The van der Waals surface area contributed by atoms with Crippen LogP contribution in [0.1, 0.15) is 12.0 Å². The van der Waals surface area contributed by atoms with Crippen molar-refractivity contribution in [3.05, 3.63) is 72.6 Å². The molecule has 2 heterocycles. The molecule has 2 aromatic carbocycles. The molecule has 0 aliphatic carbocycles. The van der Waals surface area contributed by atoms with Crippen molar-refractivity contribution in [3.8, 4) is 11.4 Å². The third-order valence-electron chi connectivity index (χ3n) is 5.67. The summed E-state index contributed by atoms with van der Waals surface area (Å²) < 4.78 is 7.15. The van der Waals surface area contributed by atoms with E-state index in [4.69, 9.17) is 4.74 Å². The number of carbonyl (C=O) groups excluding carboxylic acids is 1. The van der Waals surface area contributed by atoms with Gasteiger partial charge in [-0.2, -0.15) is 5.10 Å². The third kappa shape index (κ3) is 5.17. The number of rotatable bonds is 7. The van der Waals surface area contributed by atoms with Crippen molar-refractivity contribution in [1.29, 1.82) is 0 Å². The highest BCUT2D eigenvalue weighted by atomic mass is 16.5. The number of carbonyl (C=O) groups is 1. The topological polar surface area (TPSA) is 62.6 Å². The summed E-state index contributed by atoms with van der Waals surface area (Å²) in [6, 6.07) is 18.0. The lowest BCUT2D eigenvalue weighted by atomic mass is 10.1. The molecular weight excluding hydrogens is 390 g/mol. The van der Waals surface area contributed by atoms with Crippen LogP contribution >= 0.6 is 0 Å². The Kier molecular flexibility index (Phi) is 6.40. The van der Waals surface area contributed by atoms with Crippen LogP contribution in [0.3, 0.4) is 0 Å². The average molecular weight is 420 g/mol. The van der Waals surface area contributed by atoms with Crippen LogP contribution in [0, 0.1) is 5.92 Å². The summed E-state index contributed by atoms with van der Waals surface area (Å²) in [5.41, 5.74) is 3.16. The summed E-state index contributed by atoms with van der Waals surface area (Å²) in [6.07, 6.45) is 4.83. The largest absolute Gasteiger partial charge is 0.497 e. The molecule has 0 bridgehead atoms. The Balaban J connectivity index is 1.25. The van der Waals surface area contributed by atoms with Gasteiger partial charge in [-0.1, -0.05) is 24.3 Å². The molecule has 0 spiro atoms. The molecule has 1 fully saturated rings. The van der Waals surface area contributed by atoms with Crippen molar-refractivity contribution in [2.24, 2.45) is 5.92 Å². The SMILES string of the molecule is COc1cccc(N2CCC(CNC(=O)N(C)Cc3cnn(-c4ccccc4)c3)C2)c1. The zero-order chi connectivity index (χ0) is 21.6. The minimum absolute atomic E-state index is 0.0627. The fraction of sp³-hybridized carbons (Fsp3) is 0.333. The number of hydrogen-bond donors (Lipinski definition) is 1. The number of benzene rings is 2. The minimum atomic E-state index is -0.0627. The van der Waals surface area contributed by atoms with Crippen LogP contribution in [0.4, 0.5) is 10.5 Å². The van der Waals surface area contributed by atoms with E-state index in [9.17, 15) is 4.79 Å². The van der Waals surface area contributed by atoms with E-state index in [0.29, 0.717) is 19.0 Å². The number of amides is 2. The molecule has 3 aromatic rings. The van der Waals surface area contributed by atoms with Crippen molar-refractivity contribution in [3.63, 3.8) is 0 Å². The quantitative estimate of drug-likeness (QED) is 0.636. The van der Waals surface area contributed by atoms with Gasteiger partial charge in [0.15, 0.2) is 0 Å². The van der Waals surface area contributed by atoms with Gasteiger partial charge in [-0.25, -0.2) is 9.48 Å². The standard InChI is InChI=1S/C24H29N5O2/c1-27(16-20-15-26-29(18-20)21-7-4-3-5-8-21)24(30)25-14-19-11-12-28(17-19)22-9-6-10-23(13-22)31-2/h3-10,13,15,18-19H,11-12,14,16-17H2,1-2H3,(H,25,30). The zero-order valence-electron chi connectivity index (χ0n) is 18.1. The number of methoxy groups -OCH3 is 1. The number of urea groups is 1. The number of nitrogens with zero attached hydrogens (tertiary/aromatic N) is 4. The maximum absolute atomic E-state index is 12.6. The first-order chi connectivity index (χ1) is 15.1. The van der Waals surface area contributed by atoms with Gasteiger partial charge in [0.25, 0.3) is 0 Å². The van der Waals surface area contributed by atoms with Gasteiger partial charge >= 0.3 is 6.03 Å². The molecule has 4 rings (SSSR count). The van der Waals surface area contributed by atoms with Crippen molar-refractivity contribution in [1.82, 2.24) is 20.0 Å². The molecule has 0 radical (unpaired) electrons. The molecule has 1 aromatic heterocycles. The number of anilines is 1. The Morgan fingerprint density at radius 2 is 2.00 bits per heavy atom. The van der Waals surface area contributed by atoms with E-state index >= 15 is 0 Å². The first-order valence-corrected chi connectivity index (χ1v) is 10.6. The van der Waals surface area contributed by atoms with Crippen LogP contribution in [0.2, 0.25) is 0 Å². The Labute approximate surface area is 183 Å². The Morgan fingerprint density at radius 1 is 1.19 bits per heavy atom. The molecular formula is C24H29N5O2. The highest BCUT2D eigenvalue weighted by Gasteiger charge is 2.24. The van der Waals surface area contributed by atoms with E-state index in [0.717, 1.165) is 36.5 Å². The number of para-hydroxylation sites is 1. The predicted octanol–water partition coefficient (Wildman–Crippen LogP) is 3.55. The number of ether oxygens (including phenoxy) is 1. The highest BCUT2D eigenvalue weighted by Crippen LogP contribution is 2.26. The van der Waals surface area contributed by atoms with Crippen LogP contribution in [0.5, 0.6) is 5.75 Å². The summed E-state index contributed by atoms with van der Waals surface area (Å²) in [6.45, 7) is 3.11. The molecule has 1 N–H and O–H groups in total. The van der Waals surface area contributed by atoms with Gasteiger partial charge in [-0.15, -0.1) is 0 Å². The van der Waals surface area contributed by atoms with Gasteiger partial charge < -0.3 is 19.9 Å². The van der Waals surface area contributed by atoms with Crippen LogP contribution in [-0.2, 0) is 6.54 Å². The number of aromatic nitrogens is 2. The summed E-state index contributed by atoms with van der Waals surface area (Å²) in [7, 11) is 3.50. The summed E-state index contributed by atoms with van der Waals surface area (Å²) >= 11 is 0.